The Hall–Kier alpha value is -2.61. The fourth-order valence-corrected chi connectivity index (χ4v) is 7.26. The Morgan fingerprint density at radius 3 is 2.64 bits per heavy atom. The summed E-state index contributed by atoms with van der Waals surface area (Å²) in [6, 6.07) is 12.9. The molecule has 4 heterocycles. The van der Waals surface area contributed by atoms with Crippen LogP contribution in [0.5, 0.6) is 0 Å². The average Bonchev–Trinajstić information content (AvgIpc) is 3.31. The molecule has 0 aliphatic carbocycles. The van der Waals surface area contributed by atoms with Gasteiger partial charge >= 0.3 is 6.03 Å². The molecule has 1 aromatic heterocycles. The fourth-order valence-electron chi connectivity index (χ4n) is 6.49. The largest absolute Gasteiger partial charge is 0.341 e. The molecular weight excluding hydrogens is 476 g/mol. The molecule has 5 rings (SSSR count). The number of fused-ring (bicyclic) bond motifs is 3. The van der Waals surface area contributed by atoms with Crippen molar-refractivity contribution in [3.05, 3.63) is 47.5 Å². The zero-order chi connectivity index (χ0) is 25.4. The van der Waals surface area contributed by atoms with Crippen LogP contribution in [0.25, 0.3) is 0 Å². The Bertz CT molecular complexity index is 1180. The summed E-state index contributed by atoms with van der Waals surface area (Å²) in [5, 5.41) is 2.74. The second-order valence-corrected chi connectivity index (χ2v) is 12.2. The molecule has 1 aromatic carbocycles. The molecule has 2 bridgehead atoms. The average molecular weight is 513 g/mol. The zero-order valence-corrected chi connectivity index (χ0v) is 22.2. The molecule has 2 amide bonds. The van der Waals surface area contributed by atoms with Crippen molar-refractivity contribution in [1.29, 1.82) is 0 Å². The highest BCUT2D eigenvalue weighted by Crippen LogP contribution is 2.42. The summed E-state index contributed by atoms with van der Waals surface area (Å²) in [6.45, 7) is 4.57. The van der Waals surface area contributed by atoms with Crippen LogP contribution in [-0.4, -0.2) is 78.2 Å². The monoisotopic (exact) mass is 512 g/mol. The minimum absolute atomic E-state index is 0.123. The summed E-state index contributed by atoms with van der Waals surface area (Å²) in [6.07, 6.45) is 7.50. The molecule has 1 unspecified atom stereocenters. The van der Waals surface area contributed by atoms with Gasteiger partial charge in [-0.3, -0.25) is 9.80 Å². The van der Waals surface area contributed by atoms with Crippen LogP contribution in [0, 0.1) is 19.1 Å². The summed E-state index contributed by atoms with van der Waals surface area (Å²) in [5.74, 6) is 1.00. The van der Waals surface area contributed by atoms with E-state index in [2.05, 4.69) is 33.8 Å². The van der Waals surface area contributed by atoms with Gasteiger partial charge in [0.2, 0.25) is 10.0 Å². The van der Waals surface area contributed by atoms with Gasteiger partial charge in [-0.25, -0.2) is 18.2 Å². The van der Waals surface area contributed by atoms with Crippen LogP contribution < -0.4 is 10.2 Å². The molecule has 0 radical (unpaired) electrons. The lowest BCUT2D eigenvalue weighted by Crippen LogP contribution is -2.46. The fraction of sp³-hybridized carbons (Fsp3) is 0.615. The van der Waals surface area contributed by atoms with Crippen LogP contribution >= 0.6 is 0 Å². The molecule has 194 valence electrons. The third-order valence-corrected chi connectivity index (χ3v) is 9.32. The molecule has 0 spiro atoms. The van der Waals surface area contributed by atoms with Crippen molar-refractivity contribution in [2.24, 2.45) is 0 Å². The van der Waals surface area contributed by atoms with Gasteiger partial charge in [0.15, 0.2) is 0 Å². The quantitative estimate of drug-likeness (QED) is 0.616. The normalized spacial score (nSPS) is 24.2. The first kappa shape index (κ1) is 25.1. The lowest BCUT2D eigenvalue weighted by Gasteiger charge is -2.41. The van der Waals surface area contributed by atoms with E-state index >= 15 is 0 Å². The van der Waals surface area contributed by atoms with Crippen molar-refractivity contribution in [2.75, 3.05) is 37.8 Å². The number of sulfonamides is 1. The molecule has 3 atom stereocenters. The van der Waals surface area contributed by atoms with Gasteiger partial charge in [0.25, 0.3) is 0 Å². The number of hydrogen-bond donors (Lipinski definition) is 1. The maximum Gasteiger partial charge on any atom is 0.322 e. The van der Waals surface area contributed by atoms with Crippen LogP contribution in [0.4, 0.5) is 10.5 Å². The minimum atomic E-state index is -3.21. The lowest BCUT2D eigenvalue weighted by molar-refractivity contribution is 0.104. The standard InChI is InChI=1S/C26H36N6O3S/c1-19-28-24-18-29(36(3,34)35)15-12-25(24)32(19)23-16-21-10-11-22(17-23)30(21)13-7-14-31(26(33)27-2)20-8-5-4-6-9-20/h4-5,8,21-23H,7,10-18H2,1-3H3,(H,27,33)/t21-,22+,23?. The van der Waals surface area contributed by atoms with E-state index in [1.165, 1.54) is 29.1 Å². The first-order chi connectivity index (χ1) is 17.3. The maximum atomic E-state index is 12.5. The van der Waals surface area contributed by atoms with Crippen molar-refractivity contribution in [3.8, 4) is 0 Å². The summed E-state index contributed by atoms with van der Waals surface area (Å²) in [5.41, 5.74) is 2.89. The molecule has 10 heteroatoms. The topological polar surface area (TPSA) is 90.8 Å². The second-order valence-electron chi connectivity index (χ2n) is 10.3. The summed E-state index contributed by atoms with van der Waals surface area (Å²) in [7, 11) is -1.55. The molecule has 36 heavy (non-hydrogen) atoms. The van der Waals surface area contributed by atoms with E-state index in [-0.39, 0.29) is 6.03 Å². The predicted molar refractivity (Wildman–Crippen MR) is 138 cm³/mol. The number of aryl methyl sites for hydroxylation is 1. The Balaban J connectivity index is 1.23. The van der Waals surface area contributed by atoms with E-state index in [9.17, 15) is 13.2 Å². The number of imidazole rings is 1. The Morgan fingerprint density at radius 1 is 1.25 bits per heavy atom. The van der Waals surface area contributed by atoms with E-state index in [0.717, 1.165) is 49.4 Å². The smallest absolute Gasteiger partial charge is 0.322 e. The minimum Gasteiger partial charge on any atom is -0.341 e. The number of amides is 2. The number of hydrogen-bond acceptors (Lipinski definition) is 5. The second kappa shape index (κ2) is 10.0. The van der Waals surface area contributed by atoms with Gasteiger partial charge in [-0.1, -0.05) is 12.1 Å². The van der Waals surface area contributed by atoms with E-state index < -0.39 is 10.0 Å². The number of anilines is 1. The molecule has 2 fully saturated rings. The molecule has 0 saturated carbocycles. The van der Waals surface area contributed by atoms with Gasteiger partial charge in [0.05, 0.1) is 24.2 Å². The first-order valence-electron chi connectivity index (χ1n) is 12.9. The van der Waals surface area contributed by atoms with Crippen molar-refractivity contribution in [2.45, 2.75) is 70.1 Å². The number of rotatable bonds is 7. The van der Waals surface area contributed by atoms with Gasteiger partial charge in [0, 0.05) is 56.9 Å². The van der Waals surface area contributed by atoms with Crippen LogP contribution in [-0.2, 0) is 23.0 Å². The van der Waals surface area contributed by atoms with E-state index in [0.29, 0.717) is 37.8 Å². The van der Waals surface area contributed by atoms with Crippen LogP contribution in [0.1, 0.15) is 55.4 Å². The number of carbonyl (C=O) groups excluding carboxylic acids is 1. The molecule has 3 aliphatic rings. The number of nitrogens with zero attached hydrogens (tertiary/aromatic N) is 5. The van der Waals surface area contributed by atoms with E-state index in [1.807, 2.05) is 12.1 Å². The highest BCUT2D eigenvalue weighted by molar-refractivity contribution is 7.88. The van der Waals surface area contributed by atoms with Gasteiger partial charge in [-0.2, -0.15) is 4.31 Å². The maximum absolute atomic E-state index is 12.5. The third-order valence-electron chi connectivity index (χ3n) is 8.07. The van der Waals surface area contributed by atoms with Crippen LogP contribution in [0.3, 0.4) is 0 Å². The highest BCUT2D eigenvalue weighted by Gasteiger charge is 2.42. The summed E-state index contributed by atoms with van der Waals surface area (Å²) >= 11 is 0. The van der Waals surface area contributed by atoms with Crippen molar-refractivity contribution in [3.63, 3.8) is 0 Å². The van der Waals surface area contributed by atoms with Gasteiger partial charge in [-0.15, -0.1) is 0 Å². The number of nitrogens with one attached hydrogen (secondary N) is 1. The predicted octanol–water partition coefficient (Wildman–Crippen LogP) is 2.51. The van der Waals surface area contributed by atoms with Crippen molar-refractivity contribution < 1.29 is 13.2 Å². The number of aromatic nitrogens is 2. The molecule has 2 saturated heterocycles. The molecule has 9 nitrogen and oxygen atoms in total. The first-order valence-corrected chi connectivity index (χ1v) is 14.8. The van der Waals surface area contributed by atoms with Crippen LogP contribution in [0.15, 0.2) is 18.2 Å². The van der Waals surface area contributed by atoms with E-state index in [4.69, 9.17) is 4.98 Å². The molecule has 3 aliphatic heterocycles. The number of urea groups is 1. The lowest BCUT2D eigenvalue weighted by atomic mass is 9.96. The Kier molecular flexibility index (Phi) is 6.99. The van der Waals surface area contributed by atoms with Gasteiger partial charge in [0.1, 0.15) is 5.82 Å². The summed E-state index contributed by atoms with van der Waals surface area (Å²) in [4.78, 5) is 21.7. The molecule has 1 N–H and O–H groups in total. The zero-order valence-electron chi connectivity index (χ0n) is 21.4. The summed E-state index contributed by atoms with van der Waals surface area (Å²) < 4.78 is 28.0. The van der Waals surface area contributed by atoms with Gasteiger partial charge < -0.3 is 9.88 Å². The molecule has 2 aromatic rings. The third kappa shape index (κ3) is 4.84. The van der Waals surface area contributed by atoms with E-state index in [1.54, 1.807) is 18.0 Å². The van der Waals surface area contributed by atoms with Crippen molar-refractivity contribution in [1.82, 2.24) is 24.1 Å². The Labute approximate surface area is 214 Å². The number of piperidine rings is 1. The van der Waals surface area contributed by atoms with Crippen molar-refractivity contribution >= 4 is 21.7 Å². The highest BCUT2D eigenvalue weighted by atomic mass is 32.2. The molecular formula is C26H36N6O3S. The number of carbonyl (C=O) groups is 1. The SMILES string of the molecule is CNC(=O)N(CCCN1[C@@H]2CC[C@H]1CC(n1c(C)nc3c1CCN(S(C)(=O)=O)C3)C2)c1c#cccc1. The van der Waals surface area contributed by atoms with Crippen LogP contribution in [0.2, 0.25) is 0 Å². The Morgan fingerprint density at radius 2 is 2.00 bits per heavy atom. The van der Waals surface area contributed by atoms with Gasteiger partial charge in [-0.05, 0) is 57.2 Å².